The highest BCUT2D eigenvalue weighted by Crippen LogP contribution is 2.19. The first-order chi connectivity index (χ1) is 13.6. The van der Waals surface area contributed by atoms with Crippen molar-refractivity contribution in [3.63, 3.8) is 0 Å². The zero-order valence-electron chi connectivity index (χ0n) is 17.6. The van der Waals surface area contributed by atoms with Gasteiger partial charge in [0, 0.05) is 5.69 Å². The first-order valence-electron chi connectivity index (χ1n) is 9.29. The molecule has 2 amide bonds. The number of esters is 1. The second-order valence-electron chi connectivity index (χ2n) is 7.12. The molecule has 0 saturated carbocycles. The number of hydrazine groups is 1. The van der Waals surface area contributed by atoms with Gasteiger partial charge < -0.3 is 14.5 Å². The van der Waals surface area contributed by atoms with Gasteiger partial charge in [-0.25, -0.2) is 4.79 Å². The lowest BCUT2D eigenvalue weighted by molar-refractivity contribution is -0.123. The topological polar surface area (TPSA) is 110 Å². The van der Waals surface area contributed by atoms with Crippen LogP contribution in [-0.2, 0) is 9.53 Å². The summed E-state index contributed by atoms with van der Waals surface area (Å²) in [5.74, 6) is -1.03. The van der Waals surface area contributed by atoms with Crippen LogP contribution in [-0.4, -0.2) is 35.5 Å². The van der Waals surface area contributed by atoms with Crippen LogP contribution in [0.25, 0.3) is 0 Å². The molecule has 0 atom stereocenters. The Bertz CT molecular complexity index is 931. The monoisotopic (exact) mass is 401 g/mol. The Balaban J connectivity index is 1.94. The lowest BCUT2D eigenvalue weighted by Gasteiger charge is -2.10. The number of aromatic amines is 1. The average molecular weight is 401 g/mol. The van der Waals surface area contributed by atoms with E-state index in [0.29, 0.717) is 22.6 Å². The summed E-state index contributed by atoms with van der Waals surface area (Å²) in [6, 6.07) is 5.52. The fourth-order valence-electron chi connectivity index (χ4n) is 2.73. The number of benzene rings is 1. The van der Waals surface area contributed by atoms with Gasteiger partial charge in [0.1, 0.15) is 11.4 Å². The Labute approximate surface area is 169 Å². The summed E-state index contributed by atoms with van der Waals surface area (Å²) >= 11 is 0. The van der Waals surface area contributed by atoms with E-state index >= 15 is 0 Å². The van der Waals surface area contributed by atoms with Crippen molar-refractivity contribution in [1.29, 1.82) is 0 Å². The van der Waals surface area contributed by atoms with Gasteiger partial charge in [-0.05, 0) is 70.4 Å². The molecular weight excluding hydrogens is 374 g/mol. The van der Waals surface area contributed by atoms with Crippen molar-refractivity contribution < 1.29 is 23.9 Å². The zero-order valence-corrected chi connectivity index (χ0v) is 17.6. The number of carbonyl (C=O) groups is 3. The predicted molar refractivity (Wildman–Crippen MR) is 108 cm³/mol. The smallest absolute Gasteiger partial charge is 0.340 e. The van der Waals surface area contributed by atoms with Crippen LogP contribution in [0.2, 0.25) is 0 Å². The lowest BCUT2D eigenvalue weighted by atomic mass is 10.1. The van der Waals surface area contributed by atoms with E-state index in [1.807, 2.05) is 26.0 Å². The minimum absolute atomic E-state index is 0.175. The number of aromatic nitrogens is 1. The van der Waals surface area contributed by atoms with Crippen LogP contribution in [0.1, 0.15) is 57.1 Å². The summed E-state index contributed by atoms with van der Waals surface area (Å²) < 4.78 is 10.6. The van der Waals surface area contributed by atoms with E-state index < -0.39 is 17.8 Å². The number of aryl methyl sites for hydroxylation is 3. The Hall–Kier alpha value is -3.29. The van der Waals surface area contributed by atoms with Crippen LogP contribution in [0, 0.1) is 27.7 Å². The molecule has 0 saturated heterocycles. The first kappa shape index (κ1) is 22.0. The van der Waals surface area contributed by atoms with Crippen molar-refractivity contribution in [2.75, 3.05) is 6.61 Å². The molecule has 0 fully saturated rings. The number of hydrogen-bond donors (Lipinski definition) is 3. The van der Waals surface area contributed by atoms with Crippen LogP contribution in [0.5, 0.6) is 5.75 Å². The Kier molecular flexibility index (Phi) is 7.03. The number of H-pyrrole nitrogens is 1. The molecule has 0 aliphatic carbocycles. The standard InChI is InChI=1S/C21H27N3O5/c1-11(2)29-21(27)18-14(5)19(22-15(18)6)20(26)24-23-17(25)10-28-16-8-7-12(3)13(4)9-16/h7-9,11,22H,10H2,1-6H3,(H,23,25)(H,24,26). The summed E-state index contributed by atoms with van der Waals surface area (Å²) in [4.78, 5) is 39.4. The van der Waals surface area contributed by atoms with E-state index in [9.17, 15) is 14.4 Å². The van der Waals surface area contributed by atoms with Crippen molar-refractivity contribution in [2.24, 2.45) is 0 Å². The van der Waals surface area contributed by atoms with Crippen LogP contribution in [0.15, 0.2) is 18.2 Å². The average Bonchev–Trinajstić information content (AvgIpc) is 2.94. The van der Waals surface area contributed by atoms with Gasteiger partial charge in [-0.2, -0.15) is 0 Å². The molecule has 8 nitrogen and oxygen atoms in total. The van der Waals surface area contributed by atoms with Crippen molar-refractivity contribution in [1.82, 2.24) is 15.8 Å². The van der Waals surface area contributed by atoms with E-state index in [2.05, 4.69) is 15.8 Å². The van der Waals surface area contributed by atoms with Gasteiger partial charge in [0.25, 0.3) is 11.8 Å². The SMILES string of the molecule is Cc1ccc(OCC(=O)NNC(=O)c2[nH]c(C)c(C(=O)OC(C)C)c2C)cc1C. The molecule has 29 heavy (non-hydrogen) atoms. The third kappa shape index (κ3) is 5.60. The van der Waals surface area contributed by atoms with Crippen LogP contribution in [0.4, 0.5) is 0 Å². The number of ether oxygens (including phenoxy) is 2. The Morgan fingerprint density at radius 1 is 1.03 bits per heavy atom. The van der Waals surface area contributed by atoms with Crippen LogP contribution in [0.3, 0.4) is 0 Å². The van der Waals surface area contributed by atoms with E-state index in [4.69, 9.17) is 9.47 Å². The van der Waals surface area contributed by atoms with E-state index in [1.165, 1.54) is 0 Å². The summed E-state index contributed by atoms with van der Waals surface area (Å²) in [6.45, 7) is 10.5. The maximum absolute atomic E-state index is 12.4. The fourth-order valence-corrected chi connectivity index (χ4v) is 2.73. The number of amides is 2. The van der Waals surface area contributed by atoms with Gasteiger partial charge in [-0.15, -0.1) is 0 Å². The molecule has 0 spiro atoms. The van der Waals surface area contributed by atoms with Crippen molar-refractivity contribution in [3.05, 3.63) is 51.8 Å². The summed E-state index contributed by atoms with van der Waals surface area (Å²) in [6.07, 6.45) is -0.273. The molecule has 0 radical (unpaired) electrons. The number of rotatable bonds is 6. The normalized spacial score (nSPS) is 10.6. The number of nitrogens with one attached hydrogen (secondary N) is 3. The predicted octanol–water partition coefficient (Wildman–Crippen LogP) is 2.65. The molecule has 1 aromatic heterocycles. The summed E-state index contributed by atoms with van der Waals surface area (Å²) in [7, 11) is 0. The third-order valence-corrected chi connectivity index (χ3v) is 4.38. The quantitative estimate of drug-likeness (QED) is 0.509. The van der Waals surface area contributed by atoms with Gasteiger partial charge in [-0.1, -0.05) is 6.07 Å². The lowest BCUT2D eigenvalue weighted by Crippen LogP contribution is -2.44. The largest absolute Gasteiger partial charge is 0.484 e. The molecule has 0 bridgehead atoms. The third-order valence-electron chi connectivity index (χ3n) is 4.38. The minimum atomic E-state index is -0.575. The van der Waals surface area contributed by atoms with Crippen molar-refractivity contribution >= 4 is 17.8 Å². The van der Waals surface area contributed by atoms with Gasteiger partial charge in [0.05, 0.1) is 11.7 Å². The molecule has 1 aromatic carbocycles. The highest BCUT2D eigenvalue weighted by molar-refractivity contribution is 6.01. The maximum Gasteiger partial charge on any atom is 0.340 e. The molecule has 156 valence electrons. The molecule has 2 aromatic rings. The fraction of sp³-hybridized carbons (Fsp3) is 0.381. The number of carbonyl (C=O) groups excluding carboxylic acids is 3. The highest BCUT2D eigenvalue weighted by Gasteiger charge is 2.23. The van der Waals surface area contributed by atoms with Crippen LogP contribution >= 0.6 is 0 Å². The minimum Gasteiger partial charge on any atom is -0.484 e. The molecule has 0 aliphatic rings. The van der Waals surface area contributed by atoms with Gasteiger partial charge in [0.15, 0.2) is 6.61 Å². The first-order valence-corrected chi connectivity index (χ1v) is 9.29. The van der Waals surface area contributed by atoms with E-state index in [-0.39, 0.29) is 18.4 Å². The highest BCUT2D eigenvalue weighted by atomic mass is 16.5. The summed E-state index contributed by atoms with van der Waals surface area (Å²) in [5.41, 5.74) is 8.25. The van der Waals surface area contributed by atoms with Crippen molar-refractivity contribution in [2.45, 2.75) is 47.6 Å². The Morgan fingerprint density at radius 3 is 2.34 bits per heavy atom. The molecule has 1 heterocycles. The van der Waals surface area contributed by atoms with E-state index in [1.54, 1.807) is 33.8 Å². The molecule has 8 heteroatoms. The van der Waals surface area contributed by atoms with Gasteiger partial charge in [-0.3, -0.25) is 20.4 Å². The molecule has 3 N–H and O–H groups in total. The van der Waals surface area contributed by atoms with Crippen LogP contribution < -0.4 is 15.6 Å². The molecule has 2 rings (SSSR count). The Morgan fingerprint density at radius 2 is 1.72 bits per heavy atom. The number of hydrogen-bond acceptors (Lipinski definition) is 5. The van der Waals surface area contributed by atoms with E-state index in [0.717, 1.165) is 11.1 Å². The van der Waals surface area contributed by atoms with Gasteiger partial charge >= 0.3 is 5.97 Å². The summed E-state index contributed by atoms with van der Waals surface area (Å²) in [5, 5.41) is 0. The maximum atomic E-state index is 12.4. The molecule has 0 aliphatic heterocycles. The zero-order chi connectivity index (χ0) is 21.7. The van der Waals surface area contributed by atoms with Gasteiger partial charge in [0.2, 0.25) is 0 Å². The second-order valence-corrected chi connectivity index (χ2v) is 7.12. The molecule has 0 unspecified atom stereocenters. The second kappa shape index (κ2) is 9.27. The molecular formula is C21H27N3O5. The van der Waals surface area contributed by atoms with Crippen molar-refractivity contribution in [3.8, 4) is 5.75 Å².